The number of oxime groups is 1. The van der Waals surface area contributed by atoms with Crippen molar-refractivity contribution in [3.05, 3.63) is 36.3 Å². The number of fused-ring (bicyclic) bond motifs is 1. The highest BCUT2D eigenvalue weighted by Gasteiger charge is 1.94. The summed E-state index contributed by atoms with van der Waals surface area (Å²) >= 11 is 0. The molecular formula is C9H7N3O. The predicted octanol–water partition coefficient (Wildman–Crippen LogP) is 1.44. The smallest absolute Gasteiger partial charge is 0.0918 e. The van der Waals surface area contributed by atoms with Crippen molar-refractivity contribution in [1.82, 2.24) is 9.97 Å². The fourth-order valence-corrected chi connectivity index (χ4v) is 1.11. The summed E-state index contributed by atoms with van der Waals surface area (Å²) in [5, 5.41) is 12.2. The van der Waals surface area contributed by atoms with Crippen molar-refractivity contribution >= 4 is 17.1 Å². The molecule has 64 valence electrons. The van der Waals surface area contributed by atoms with Crippen LogP contribution in [0.3, 0.4) is 0 Å². The van der Waals surface area contributed by atoms with E-state index in [1.165, 1.54) is 6.21 Å². The molecular weight excluding hydrogens is 166 g/mol. The van der Waals surface area contributed by atoms with Crippen LogP contribution in [-0.4, -0.2) is 21.4 Å². The van der Waals surface area contributed by atoms with Crippen molar-refractivity contribution in [2.75, 3.05) is 0 Å². The first kappa shape index (κ1) is 7.67. The Balaban J connectivity index is 2.62. The van der Waals surface area contributed by atoms with E-state index in [1.807, 2.05) is 12.1 Å². The van der Waals surface area contributed by atoms with Gasteiger partial charge >= 0.3 is 0 Å². The van der Waals surface area contributed by atoms with Crippen LogP contribution in [-0.2, 0) is 0 Å². The van der Waals surface area contributed by atoms with Gasteiger partial charge in [0, 0.05) is 17.8 Å². The molecule has 0 amide bonds. The van der Waals surface area contributed by atoms with E-state index in [1.54, 1.807) is 18.5 Å². The molecule has 13 heavy (non-hydrogen) atoms. The van der Waals surface area contributed by atoms with Crippen molar-refractivity contribution in [2.45, 2.75) is 0 Å². The van der Waals surface area contributed by atoms with Crippen molar-refractivity contribution < 1.29 is 5.21 Å². The Kier molecular flexibility index (Phi) is 1.88. The van der Waals surface area contributed by atoms with Gasteiger partial charge in [0.15, 0.2) is 0 Å². The summed E-state index contributed by atoms with van der Waals surface area (Å²) in [7, 11) is 0. The quantitative estimate of drug-likeness (QED) is 0.403. The minimum atomic E-state index is 0.626. The summed E-state index contributed by atoms with van der Waals surface area (Å²) in [4.78, 5) is 8.18. The Morgan fingerprint density at radius 1 is 1.31 bits per heavy atom. The molecule has 0 atom stereocenters. The van der Waals surface area contributed by atoms with E-state index >= 15 is 0 Å². The molecule has 0 saturated heterocycles. The first-order chi connectivity index (χ1) is 6.40. The van der Waals surface area contributed by atoms with Gasteiger partial charge in [-0.25, -0.2) is 4.98 Å². The van der Waals surface area contributed by atoms with E-state index in [2.05, 4.69) is 15.1 Å². The standard InChI is InChI=1S/C9H7N3O/c13-11-6-8-2-1-7-5-10-4-3-9(7)12-8/h1-6,13H. The van der Waals surface area contributed by atoms with Crippen LogP contribution in [0, 0.1) is 0 Å². The summed E-state index contributed by atoms with van der Waals surface area (Å²) in [6.45, 7) is 0. The maximum Gasteiger partial charge on any atom is 0.0918 e. The predicted molar refractivity (Wildman–Crippen MR) is 48.9 cm³/mol. The summed E-state index contributed by atoms with van der Waals surface area (Å²) in [6, 6.07) is 5.46. The lowest BCUT2D eigenvalue weighted by Crippen LogP contribution is -1.88. The molecule has 2 aromatic heterocycles. The third-order valence-electron chi connectivity index (χ3n) is 1.70. The number of rotatable bonds is 1. The van der Waals surface area contributed by atoms with E-state index in [0.717, 1.165) is 10.9 Å². The highest BCUT2D eigenvalue weighted by atomic mass is 16.4. The lowest BCUT2D eigenvalue weighted by atomic mass is 10.2. The lowest BCUT2D eigenvalue weighted by Gasteiger charge is -1.95. The van der Waals surface area contributed by atoms with Crippen molar-refractivity contribution in [3.63, 3.8) is 0 Å². The van der Waals surface area contributed by atoms with Gasteiger partial charge in [0.1, 0.15) is 0 Å². The van der Waals surface area contributed by atoms with Crippen molar-refractivity contribution in [3.8, 4) is 0 Å². The maximum absolute atomic E-state index is 8.31. The zero-order valence-electron chi connectivity index (χ0n) is 6.75. The molecule has 4 heteroatoms. The van der Waals surface area contributed by atoms with Gasteiger partial charge in [-0.2, -0.15) is 0 Å². The number of nitrogens with zero attached hydrogens (tertiary/aromatic N) is 3. The van der Waals surface area contributed by atoms with Crippen LogP contribution in [0.4, 0.5) is 0 Å². The molecule has 0 aliphatic heterocycles. The minimum absolute atomic E-state index is 0.626. The van der Waals surface area contributed by atoms with E-state index in [0.29, 0.717) is 5.69 Å². The number of aromatic nitrogens is 2. The number of hydrogen-bond donors (Lipinski definition) is 1. The number of pyridine rings is 2. The Labute approximate surface area is 74.6 Å². The van der Waals surface area contributed by atoms with E-state index in [-0.39, 0.29) is 0 Å². The second-order valence-corrected chi connectivity index (χ2v) is 2.55. The van der Waals surface area contributed by atoms with Gasteiger partial charge in [-0.1, -0.05) is 5.16 Å². The minimum Gasteiger partial charge on any atom is -0.411 e. The monoisotopic (exact) mass is 173 g/mol. The van der Waals surface area contributed by atoms with Crippen LogP contribution in [0.1, 0.15) is 5.69 Å². The van der Waals surface area contributed by atoms with Gasteiger partial charge in [-0.15, -0.1) is 0 Å². The second-order valence-electron chi connectivity index (χ2n) is 2.55. The van der Waals surface area contributed by atoms with E-state index in [4.69, 9.17) is 5.21 Å². The molecule has 0 radical (unpaired) electrons. The SMILES string of the molecule is ON=Cc1ccc2cnccc2n1. The van der Waals surface area contributed by atoms with Crippen LogP contribution in [0.25, 0.3) is 10.9 Å². The van der Waals surface area contributed by atoms with Crippen LogP contribution < -0.4 is 0 Å². The van der Waals surface area contributed by atoms with Crippen LogP contribution in [0.2, 0.25) is 0 Å². The molecule has 0 bridgehead atoms. The number of hydrogen-bond acceptors (Lipinski definition) is 4. The molecule has 0 spiro atoms. The summed E-state index contributed by atoms with van der Waals surface area (Å²) in [5.74, 6) is 0. The molecule has 0 unspecified atom stereocenters. The molecule has 2 aromatic rings. The molecule has 1 N–H and O–H groups in total. The van der Waals surface area contributed by atoms with Gasteiger partial charge in [0.25, 0.3) is 0 Å². The topological polar surface area (TPSA) is 58.4 Å². The summed E-state index contributed by atoms with van der Waals surface area (Å²) in [6.07, 6.45) is 4.71. The Bertz CT molecular complexity index is 453. The Hall–Kier alpha value is -1.97. The molecule has 0 aliphatic rings. The van der Waals surface area contributed by atoms with Crippen LogP contribution >= 0.6 is 0 Å². The van der Waals surface area contributed by atoms with Gasteiger partial charge < -0.3 is 5.21 Å². The fourth-order valence-electron chi connectivity index (χ4n) is 1.11. The highest BCUT2D eigenvalue weighted by molar-refractivity contribution is 5.84. The molecule has 2 rings (SSSR count). The third-order valence-corrected chi connectivity index (χ3v) is 1.70. The fraction of sp³-hybridized carbons (Fsp3) is 0. The lowest BCUT2D eigenvalue weighted by molar-refractivity contribution is 0.321. The highest BCUT2D eigenvalue weighted by Crippen LogP contribution is 2.08. The summed E-state index contributed by atoms with van der Waals surface area (Å²) < 4.78 is 0. The van der Waals surface area contributed by atoms with Crippen molar-refractivity contribution in [2.24, 2.45) is 5.16 Å². The molecule has 0 aliphatic carbocycles. The van der Waals surface area contributed by atoms with Gasteiger partial charge in [-0.05, 0) is 18.2 Å². The zero-order valence-corrected chi connectivity index (χ0v) is 6.75. The molecule has 0 fully saturated rings. The Morgan fingerprint density at radius 3 is 3.08 bits per heavy atom. The van der Waals surface area contributed by atoms with Crippen molar-refractivity contribution in [1.29, 1.82) is 0 Å². The average molecular weight is 173 g/mol. The first-order valence-corrected chi connectivity index (χ1v) is 3.78. The van der Waals surface area contributed by atoms with Crippen LogP contribution in [0.5, 0.6) is 0 Å². The van der Waals surface area contributed by atoms with Gasteiger partial charge in [-0.3, -0.25) is 4.98 Å². The second kappa shape index (κ2) is 3.18. The maximum atomic E-state index is 8.31. The largest absolute Gasteiger partial charge is 0.411 e. The normalized spacial score (nSPS) is 11.1. The van der Waals surface area contributed by atoms with Gasteiger partial charge in [0.05, 0.1) is 17.4 Å². The molecule has 0 saturated carbocycles. The molecule has 4 nitrogen and oxygen atoms in total. The van der Waals surface area contributed by atoms with Crippen LogP contribution in [0.15, 0.2) is 35.7 Å². The summed E-state index contributed by atoms with van der Waals surface area (Å²) in [5.41, 5.74) is 1.47. The third kappa shape index (κ3) is 1.46. The molecule has 2 heterocycles. The van der Waals surface area contributed by atoms with Gasteiger partial charge in [0.2, 0.25) is 0 Å². The first-order valence-electron chi connectivity index (χ1n) is 3.78. The van der Waals surface area contributed by atoms with E-state index in [9.17, 15) is 0 Å². The average Bonchev–Trinajstić information content (AvgIpc) is 2.18. The van der Waals surface area contributed by atoms with E-state index < -0.39 is 0 Å². The Morgan fingerprint density at radius 2 is 2.23 bits per heavy atom. The molecule has 0 aromatic carbocycles. The zero-order chi connectivity index (χ0) is 9.10.